The molecule has 0 N–H and O–H groups in total. The molecule has 27 heavy (non-hydrogen) atoms. The second kappa shape index (κ2) is 7.92. The molecule has 0 spiro atoms. The quantitative estimate of drug-likeness (QED) is 0.555. The van der Waals surface area contributed by atoms with Crippen LogP contribution in [0.2, 0.25) is 5.02 Å². The minimum Gasteiger partial charge on any atom is -0.546 e. The van der Waals surface area contributed by atoms with Gasteiger partial charge in [-0.3, -0.25) is 0 Å². The van der Waals surface area contributed by atoms with Crippen molar-refractivity contribution >= 4 is 35.5 Å². The summed E-state index contributed by atoms with van der Waals surface area (Å²) in [7, 11) is 1.41. The van der Waals surface area contributed by atoms with Crippen molar-refractivity contribution in [3.05, 3.63) is 64.3 Å². The minimum absolute atomic E-state index is 0.0929. The largest absolute Gasteiger partial charge is 0.546 e. The van der Waals surface area contributed by atoms with Crippen LogP contribution in [0.1, 0.15) is 11.1 Å². The van der Waals surface area contributed by atoms with Gasteiger partial charge in [-0.2, -0.15) is 0 Å². The molecule has 0 saturated carbocycles. The van der Waals surface area contributed by atoms with Crippen LogP contribution in [-0.4, -0.2) is 31.6 Å². The highest BCUT2D eigenvalue weighted by atomic mass is 35.5. The number of cyclic esters (lactones) is 1. The number of carboxylic acids is 1. The molecule has 1 heterocycles. The third-order valence-corrected chi connectivity index (χ3v) is 3.89. The Labute approximate surface area is 159 Å². The third-order valence-electron chi connectivity index (χ3n) is 3.56. The zero-order valence-electron chi connectivity index (χ0n) is 14.1. The van der Waals surface area contributed by atoms with Crippen LogP contribution >= 0.6 is 11.6 Å². The first-order valence-corrected chi connectivity index (χ1v) is 8.14. The molecule has 138 valence electrons. The van der Waals surface area contributed by atoms with Crippen LogP contribution in [0.4, 0.5) is 0 Å². The first-order chi connectivity index (χ1) is 13.0. The number of benzene rings is 2. The van der Waals surface area contributed by atoms with Crippen LogP contribution in [0.3, 0.4) is 0 Å². The van der Waals surface area contributed by atoms with Crippen LogP contribution in [0.25, 0.3) is 6.08 Å². The lowest BCUT2D eigenvalue weighted by atomic mass is 10.1. The smallest absolute Gasteiger partial charge is 0.363 e. The number of hydrogen-bond donors (Lipinski definition) is 0. The molecule has 0 aliphatic carbocycles. The Kier molecular flexibility index (Phi) is 5.42. The van der Waals surface area contributed by atoms with Crippen LogP contribution in [0, 0.1) is 0 Å². The Bertz CT molecular complexity index is 966. The Morgan fingerprint density at radius 1 is 1.26 bits per heavy atom. The average Bonchev–Trinajstić information content (AvgIpc) is 3.01. The summed E-state index contributed by atoms with van der Waals surface area (Å²) in [6.45, 7) is -0.603. The predicted octanol–water partition coefficient (Wildman–Crippen LogP) is 1.82. The second-order valence-corrected chi connectivity index (χ2v) is 5.79. The van der Waals surface area contributed by atoms with Crippen molar-refractivity contribution in [1.29, 1.82) is 0 Å². The Morgan fingerprint density at radius 2 is 2.04 bits per heavy atom. The van der Waals surface area contributed by atoms with E-state index in [0.717, 1.165) is 0 Å². The molecule has 0 bridgehead atoms. The van der Waals surface area contributed by atoms with E-state index in [1.165, 1.54) is 19.3 Å². The van der Waals surface area contributed by atoms with Crippen molar-refractivity contribution in [3.8, 4) is 11.5 Å². The van der Waals surface area contributed by atoms with E-state index in [9.17, 15) is 14.7 Å². The van der Waals surface area contributed by atoms with Gasteiger partial charge in [0.25, 0.3) is 0 Å². The molecule has 7 nitrogen and oxygen atoms in total. The summed E-state index contributed by atoms with van der Waals surface area (Å²) < 4.78 is 15.4. The SMILES string of the molecule is COc1cc(/C=C2\N=C(c3ccccc3Cl)OC2=O)ccc1OCC(=O)[O-]. The van der Waals surface area contributed by atoms with Gasteiger partial charge in [0, 0.05) is 0 Å². The molecule has 8 heteroatoms. The zero-order valence-corrected chi connectivity index (χ0v) is 14.9. The van der Waals surface area contributed by atoms with Crippen molar-refractivity contribution in [3.63, 3.8) is 0 Å². The van der Waals surface area contributed by atoms with Gasteiger partial charge in [-0.15, -0.1) is 0 Å². The van der Waals surface area contributed by atoms with Gasteiger partial charge < -0.3 is 24.1 Å². The van der Waals surface area contributed by atoms with Crippen molar-refractivity contribution in [1.82, 2.24) is 0 Å². The second-order valence-electron chi connectivity index (χ2n) is 5.39. The fourth-order valence-corrected chi connectivity index (χ4v) is 2.56. The number of hydrogen-bond acceptors (Lipinski definition) is 7. The normalized spacial score (nSPS) is 14.7. The molecule has 3 rings (SSSR count). The molecular formula is C19H13ClNO6-. The maximum Gasteiger partial charge on any atom is 0.363 e. The van der Waals surface area contributed by atoms with E-state index < -0.39 is 18.5 Å². The number of aliphatic carboxylic acids is 1. The van der Waals surface area contributed by atoms with E-state index in [0.29, 0.717) is 21.9 Å². The molecule has 2 aromatic rings. The van der Waals surface area contributed by atoms with Crippen molar-refractivity contribution in [2.75, 3.05) is 13.7 Å². The molecule has 2 aromatic carbocycles. The summed E-state index contributed by atoms with van der Waals surface area (Å²) in [4.78, 5) is 26.8. The summed E-state index contributed by atoms with van der Waals surface area (Å²) in [5.41, 5.74) is 1.19. The van der Waals surface area contributed by atoms with Gasteiger partial charge in [0.05, 0.1) is 23.7 Å². The number of esters is 1. The number of halogens is 1. The molecular weight excluding hydrogens is 374 g/mol. The maximum atomic E-state index is 12.1. The molecule has 1 aliphatic heterocycles. The van der Waals surface area contributed by atoms with Gasteiger partial charge >= 0.3 is 5.97 Å². The molecule has 0 atom stereocenters. The van der Waals surface area contributed by atoms with Gasteiger partial charge in [-0.1, -0.05) is 29.8 Å². The molecule has 1 aliphatic rings. The zero-order chi connectivity index (χ0) is 19.4. The maximum absolute atomic E-state index is 12.1. The van der Waals surface area contributed by atoms with Crippen molar-refractivity contribution in [2.45, 2.75) is 0 Å². The standard InChI is InChI=1S/C19H14ClNO6/c1-25-16-9-11(6-7-15(16)26-10-17(22)23)8-14-19(24)27-18(21-14)12-4-2-3-5-13(12)20/h2-9H,10H2,1H3,(H,22,23)/p-1/b14-8-. The van der Waals surface area contributed by atoms with Crippen LogP contribution < -0.4 is 14.6 Å². The fourth-order valence-electron chi connectivity index (χ4n) is 2.35. The van der Waals surface area contributed by atoms with E-state index in [4.69, 9.17) is 25.8 Å². The van der Waals surface area contributed by atoms with E-state index >= 15 is 0 Å². The van der Waals surface area contributed by atoms with Crippen LogP contribution in [0.5, 0.6) is 11.5 Å². The Hall–Kier alpha value is -3.32. The minimum atomic E-state index is -1.35. The first kappa shape index (κ1) is 18.5. The number of methoxy groups -OCH3 is 1. The van der Waals surface area contributed by atoms with Gasteiger partial charge in [-0.25, -0.2) is 9.79 Å². The first-order valence-electron chi connectivity index (χ1n) is 7.76. The summed E-state index contributed by atoms with van der Waals surface area (Å²) in [5, 5.41) is 10.9. The summed E-state index contributed by atoms with van der Waals surface area (Å²) in [6.07, 6.45) is 1.51. The van der Waals surface area contributed by atoms with Gasteiger partial charge in [-0.05, 0) is 35.9 Å². The Morgan fingerprint density at radius 3 is 2.74 bits per heavy atom. The molecule has 0 saturated heterocycles. The van der Waals surface area contributed by atoms with Crippen molar-refractivity contribution < 1.29 is 28.9 Å². The van der Waals surface area contributed by atoms with E-state index in [1.54, 1.807) is 36.4 Å². The predicted molar refractivity (Wildman–Crippen MR) is 95.6 cm³/mol. The molecule has 0 aromatic heterocycles. The molecule has 0 fully saturated rings. The molecule has 0 radical (unpaired) electrons. The lowest BCUT2D eigenvalue weighted by molar-refractivity contribution is -0.307. The third kappa shape index (κ3) is 4.27. The van der Waals surface area contributed by atoms with Crippen LogP contribution in [0.15, 0.2) is 53.2 Å². The number of aliphatic imine (C=N–C) groups is 1. The lowest BCUT2D eigenvalue weighted by Gasteiger charge is -2.11. The molecule has 0 amide bonds. The topological polar surface area (TPSA) is 97.2 Å². The van der Waals surface area contributed by atoms with E-state index in [2.05, 4.69) is 4.99 Å². The van der Waals surface area contributed by atoms with Gasteiger partial charge in [0.15, 0.2) is 17.2 Å². The van der Waals surface area contributed by atoms with E-state index in [1.807, 2.05) is 0 Å². The number of ether oxygens (including phenoxy) is 3. The highest BCUT2D eigenvalue weighted by molar-refractivity contribution is 6.34. The van der Waals surface area contributed by atoms with Crippen molar-refractivity contribution in [2.24, 2.45) is 4.99 Å². The monoisotopic (exact) mass is 386 g/mol. The number of rotatable bonds is 6. The van der Waals surface area contributed by atoms with Crippen LogP contribution in [-0.2, 0) is 14.3 Å². The average molecular weight is 387 g/mol. The summed E-state index contributed by atoms with van der Waals surface area (Å²) in [5.74, 6) is -1.30. The number of carbonyl (C=O) groups is 2. The number of nitrogens with zero attached hydrogens (tertiary/aromatic N) is 1. The summed E-state index contributed by atoms with van der Waals surface area (Å²) in [6, 6.07) is 11.6. The van der Waals surface area contributed by atoms with Gasteiger partial charge in [0.2, 0.25) is 5.90 Å². The molecule has 0 unspecified atom stereocenters. The summed E-state index contributed by atoms with van der Waals surface area (Å²) >= 11 is 6.10. The fraction of sp³-hybridized carbons (Fsp3) is 0.105. The number of carboxylic acid groups (broad SMARTS) is 1. The number of carbonyl (C=O) groups excluding carboxylic acids is 2. The van der Waals surface area contributed by atoms with E-state index in [-0.39, 0.29) is 17.3 Å². The van der Waals surface area contributed by atoms with Gasteiger partial charge in [0.1, 0.15) is 6.61 Å². The highest BCUT2D eigenvalue weighted by Crippen LogP contribution is 2.30. The Balaban J connectivity index is 1.88. The lowest BCUT2D eigenvalue weighted by Crippen LogP contribution is -2.29. The highest BCUT2D eigenvalue weighted by Gasteiger charge is 2.25.